The number of carbonyl (C=O) groups excluding carboxylic acids is 1. The topological polar surface area (TPSA) is 42.7 Å². The third-order valence-electron chi connectivity index (χ3n) is 5.03. The highest BCUT2D eigenvalue weighted by atomic mass is 19.4. The molecule has 0 aliphatic carbocycles. The van der Waals surface area contributed by atoms with Gasteiger partial charge in [-0.15, -0.1) is 0 Å². The Hall–Kier alpha value is -3.64. The van der Waals surface area contributed by atoms with Crippen molar-refractivity contribution < 1.29 is 53.5 Å². The van der Waals surface area contributed by atoms with Crippen molar-refractivity contribution >= 4 is 6.09 Å². The second-order valence-corrected chi connectivity index (χ2v) is 7.59. The Labute approximate surface area is 197 Å². The Kier molecular flexibility index (Phi) is 7.32. The summed E-state index contributed by atoms with van der Waals surface area (Å²) in [6.45, 7) is -1.47. The smallest absolute Gasteiger partial charge is 0.416 e. The summed E-state index contributed by atoms with van der Waals surface area (Å²) in [5, 5.41) is 0. The first kappa shape index (κ1) is 27.0. The van der Waals surface area contributed by atoms with E-state index in [2.05, 4.69) is 4.74 Å². The number of alkyl halides is 9. The van der Waals surface area contributed by atoms with Gasteiger partial charge in [0.25, 0.3) is 0 Å². The lowest BCUT2D eigenvalue weighted by atomic mass is 10.0. The lowest BCUT2D eigenvalue weighted by Crippen LogP contribution is -2.30. The monoisotopic (exact) mass is 525 g/mol. The van der Waals surface area contributed by atoms with E-state index in [4.69, 9.17) is 4.42 Å². The van der Waals surface area contributed by atoms with Crippen LogP contribution in [0, 0.1) is 0 Å². The number of hydrogen-bond donors (Lipinski definition) is 0. The fraction of sp³-hybridized carbons (Fsp3) is 0.261. The maximum absolute atomic E-state index is 13.3. The number of amides is 1. The molecule has 0 saturated heterocycles. The SMILES string of the molecule is COC(=O)N(Cc1cc(C(F)(F)F)cc(C(F)(F)F)c1)Cc1cc(C(F)(F)F)ccc1-c1ccco1. The van der Waals surface area contributed by atoms with Gasteiger partial charge in [0.1, 0.15) is 5.76 Å². The van der Waals surface area contributed by atoms with Crippen molar-refractivity contribution in [2.75, 3.05) is 7.11 Å². The standard InChI is InChI=1S/C23H16F9NO3/c1-35-20(34)33(11-13-7-16(22(27,28)29)10-17(8-13)23(30,31)32)12-14-9-15(21(24,25)26)4-5-18(14)19-3-2-6-36-19/h2-10H,11-12H2,1H3. The zero-order valence-corrected chi connectivity index (χ0v) is 18.2. The van der Waals surface area contributed by atoms with Crippen LogP contribution in [0.3, 0.4) is 0 Å². The Balaban J connectivity index is 2.07. The Morgan fingerprint density at radius 2 is 1.39 bits per heavy atom. The highest BCUT2D eigenvalue weighted by Crippen LogP contribution is 2.37. The highest BCUT2D eigenvalue weighted by molar-refractivity contribution is 5.69. The third-order valence-corrected chi connectivity index (χ3v) is 5.03. The molecule has 0 atom stereocenters. The largest absolute Gasteiger partial charge is 0.464 e. The molecule has 0 saturated carbocycles. The van der Waals surface area contributed by atoms with E-state index in [-0.39, 0.29) is 23.0 Å². The minimum Gasteiger partial charge on any atom is -0.464 e. The van der Waals surface area contributed by atoms with Crippen LogP contribution in [0.2, 0.25) is 0 Å². The van der Waals surface area contributed by atoms with Crippen molar-refractivity contribution in [1.82, 2.24) is 4.90 Å². The summed E-state index contributed by atoms with van der Waals surface area (Å²) in [6, 6.07) is 6.21. The van der Waals surface area contributed by atoms with Crippen LogP contribution < -0.4 is 0 Å². The average Bonchev–Trinajstić information content (AvgIpc) is 3.30. The number of carbonyl (C=O) groups is 1. The normalized spacial score (nSPS) is 12.5. The molecule has 0 aliphatic rings. The molecule has 13 heteroatoms. The number of furan rings is 1. The Morgan fingerprint density at radius 3 is 1.86 bits per heavy atom. The predicted molar refractivity (Wildman–Crippen MR) is 107 cm³/mol. The molecule has 0 N–H and O–H groups in total. The van der Waals surface area contributed by atoms with Gasteiger partial charge in [0.05, 0.1) is 36.6 Å². The van der Waals surface area contributed by atoms with Crippen molar-refractivity contribution in [1.29, 1.82) is 0 Å². The van der Waals surface area contributed by atoms with Gasteiger partial charge in [-0.2, -0.15) is 39.5 Å². The van der Waals surface area contributed by atoms with E-state index < -0.39 is 60.0 Å². The van der Waals surface area contributed by atoms with Crippen LogP contribution in [0.25, 0.3) is 11.3 Å². The molecule has 0 radical (unpaired) electrons. The average molecular weight is 525 g/mol. The molecular weight excluding hydrogens is 509 g/mol. The van der Waals surface area contributed by atoms with Gasteiger partial charge in [-0.25, -0.2) is 4.79 Å². The fourth-order valence-electron chi connectivity index (χ4n) is 3.42. The molecule has 194 valence electrons. The maximum Gasteiger partial charge on any atom is 0.416 e. The zero-order chi connectivity index (χ0) is 26.9. The molecule has 0 aliphatic heterocycles. The van der Waals surface area contributed by atoms with Crippen LogP contribution in [0.1, 0.15) is 27.8 Å². The van der Waals surface area contributed by atoms with Crippen LogP contribution >= 0.6 is 0 Å². The molecule has 1 amide bonds. The summed E-state index contributed by atoms with van der Waals surface area (Å²) in [5.41, 5.74) is -4.86. The molecule has 2 aromatic carbocycles. The lowest BCUT2D eigenvalue weighted by molar-refractivity contribution is -0.143. The van der Waals surface area contributed by atoms with Gasteiger partial charge in [0.2, 0.25) is 0 Å². The predicted octanol–water partition coefficient (Wildman–Crippen LogP) is 7.77. The van der Waals surface area contributed by atoms with Crippen LogP contribution in [0.5, 0.6) is 0 Å². The van der Waals surface area contributed by atoms with E-state index in [0.29, 0.717) is 23.1 Å². The van der Waals surface area contributed by atoms with Gasteiger partial charge >= 0.3 is 24.6 Å². The van der Waals surface area contributed by atoms with Crippen molar-refractivity contribution in [3.8, 4) is 11.3 Å². The quantitative estimate of drug-likeness (QED) is 0.320. The summed E-state index contributed by atoms with van der Waals surface area (Å²) in [4.78, 5) is 13.1. The summed E-state index contributed by atoms with van der Waals surface area (Å²) >= 11 is 0. The van der Waals surface area contributed by atoms with Crippen molar-refractivity contribution in [2.24, 2.45) is 0 Å². The Morgan fingerprint density at radius 1 is 0.806 bits per heavy atom. The van der Waals surface area contributed by atoms with E-state index in [1.165, 1.54) is 18.4 Å². The first-order chi connectivity index (χ1) is 16.6. The molecule has 1 heterocycles. The second kappa shape index (κ2) is 9.78. The summed E-state index contributed by atoms with van der Waals surface area (Å²) in [5.74, 6) is 0.127. The Bertz CT molecular complexity index is 1180. The first-order valence-corrected chi connectivity index (χ1v) is 9.95. The van der Waals surface area contributed by atoms with Gasteiger partial charge in [-0.1, -0.05) is 6.07 Å². The number of halogens is 9. The van der Waals surface area contributed by atoms with Crippen LogP contribution in [-0.4, -0.2) is 18.1 Å². The molecule has 1 aromatic heterocycles. The number of rotatable bonds is 5. The van der Waals surface area contributed by atoms with Gasteiger partial charge in [-0.3, -0.25) is 4.90 Å². The summed E-state index contributed by atoms with van der Waals surface area (Å²) in [7, 11) is 0.905. The van der Waals surface area contributed by atoms with Crippen LogP contribution in [0.15, 0.2) is 59.2 Å². The van der Waals surface area contributed by atoms with Gasteiger partial charge in [-0.05, 0) is 53.6 Å². The van der Waals surface area contributed by atoms with E-state index in [1.54, 1.807) is 0 Å². The molecule has 0 bridgehead atoms. The summed E-state index contributed by atoms with van der Waals surface area (Å²) < 4.78 is 129. The number of nitrogens with zero attached hydrogens (tertiary/aromatic N) is 1. The van der Waals surface area contributed by atoms with Gasteiger partial charge in [0.15, 0.2) is 0 Å². The van der Waals surface area contributed by atoms with E-state index in [9.17, 15) is 44.3 Å². The van der Waals surface area contributed by atoms with Crippen molar-refractivity contribution in [3.05, 3.63) is 82.6 Å². The van der Waals surface area contributed by atoms with Crippen molar-refractivity contribution in [2.45, 2.75) is 31.6 Å². The number of methoxy groups -OCH3 is 1. The number of hydrogen-bond acceptors (Lipinski definition) is 3. The van der Waals surface area contributed by atoms with E-state index >= 15 is 0 Å². The molecule has 3 rings (SSSR count). The molecule has 0 fully saturated rings. The molecular formula is C23H16F9NO3. The minimum absolute atomic E-state index is 0.0756. The summed E-state index contributed by atoms with van der Waals surface area (Å²) in [6.07, 6.45) is -15.0. The molecule has 4 nitrogen and oxygen atoms in total. The van der Waals surface area contributed by atoms with Gasteiger partial charge in [0, 0.05) is 12.1 Å². The second-order valence-electron chi connectivity index (χ2n) is 7.59. The number of ether oxygens (including phenoxy) is 1. The minimum atomic E-state index is -5.13. The van der Waals surface area contributed by atoms with Crippen LogP contribution in [-0.2, 0) is 36.4 Å². The molecule has 3 aromatic rings. The fourth-order valence-corrected chi connectivity index (χ4v) is 3.42. The third kappa shape index (κ3) is 6.32. The molecule has 36 heavy (non-hydrogen) atoms. The maximum atomic E-state index is 13.3. The van der Waals surface area contributed by atoms with Crippen molar-refractivity contribution in [3.63, 3.8) is 0 Å². The number of benzene rings is 2. The highest BCUT2D eigenvalue weighted by Gasteiger charge is 2.37. The van der Waals surface area contributed by atoms with Gasteiger partial charge < -0.3 is 9.15 Å². The molecule has 0 spiro atoms. The first-order valence-electron chi connectivity index (χ1n) is 9.95. The lowest BCUT2D eigenvalue weighted by Gasteiger charge is -2.24. The van der Waals surface area contributed by atoms with Crippen LogP contribution in [0.4, 0.5) is 44.3 Å². The van der Waals surface area contributed by atoms with E-state index in [0.717, 1.165) is 19.2 Å². The molecule has 0 unspecified atom stereocenters. The van der Waals surface area contributed by atoms with E-state index in [1.807, 2.05) is 0 Å². The zero-order valence-electron chi connectivity index (χ0n) is 18.2.